The van der Waals surface area contributed by atoms with E-state index in [-0.39, 0.29) is 5.92 Å². The van der Waals surface area contributed by atoms with Gasteiger partial charge in [-0.3, -0.25) is 4.79 Å². The van der Waals surface area contributed by atoms with Gasteiger partial charge in [0.05, 0.1) is 0 Å². The molecule has 0 N–H and O–H groups in total. The molecule has 17 heavy (non-hydrogen) atoms. The van der Waals surface area contributed by atoms with Crippen molar-refractivity contribution in [1.82, 2.24) is 0 Å². The first-order chi connectivity index (χ1) is 8.16. The van der Waals surface area contributed by atoms with Gasteiger partial charge >= 0.3 is 0 Å². The van der Waals surface area contributed by atoms with Crippen LogP contribution in [0.4, 0.5) is 0 Å². The van der Waals surface area contributed by atoms with E-state index in [2.05, 4.69) is 6.92 Å². The molecular weight excluding hydrogens is 232 g/mol. The van der Waals surface area contributed by atoms with Gasteiger partial charge in [-0.2, -0.15) is 0 Å². The van der Waals surface area contributed by atoms with Gasteiger partial charge in [0.25, 0.3) is 0 Å². The summed E-state index contributed by atoms with van der Waals surface area (Å²) in [5.74, 6) is 1.42. The monoisotopic (exact) mass is 250 g/mol. The summed E-state index contributed by atoms with van der Waals surface area (Å²) in [6, 6.07) is 7.65. The number of carbonyl (C=O) groups excluding carboxylic acids is 1. The maximum Gasteiger partial charge on any atom is 0.140 e. The first kappa shape index (κ1) is 12.6. The minimum absolute atomic E-state index is 0.266. The Bertz CT molecular complexity index is 392. The van der Waals surface area contributed by atoms with Crippen molar-refractivity contribution in [2.45, 2.75) is 39.0 Å². The topological polar surface area (TPSA) is 17.1 Å². The molecule has 92 valence electrons. The second kappa shape index (κ2) is 5.68. The summed E-state index contributed by atoms with van der Waals surface area (Å²) in [6.07, 6.45) is 5.01. The first-order valence-electron chi connectivity index (χ1n) is 6.43. The van der Waals surface area contributed by atoms with Crippen molar-refractivity contribution in [3.8, 4) is 0 Å². The van der Waals surface area contributed by atoms with E-state index in [1.165, 1.54) is 12.8 Å². The van der Waals surface area contributed by atoms with Crippen LogP contribution in [0.25, 0.3) is 0 Å². The predicted octanol–water partition coefficient (Wildman–Crippen LogP) is 4.28. The lowest BCUT2D eigenvalue weighted by Crippen LogP contribution is -2.22. The van der Waals surface area contributed by atoms with Crippen molar-refractivity contribution in [2.75, 3.05) is 0 Å². The van der Waals surface area contributed by atoms with Crippen molar-refractivity contribution >= 4 is 17.4 Å². The maximum atomic E-state index is 12.2. The molecule has 0 unspecified atom stereocenters. The van der Waals surface area contributed by atoms with Crippen LogP contribution in [0.5, 0.6) is 0 Å². The Kier molecular flexibility index (Phi) is 4.22. The standard InChI is InChI=1S/C15H19ClO/c1-11-6-8-12(9-7-11)15(17)10-13-4-2-3-5-14(13)16/h2-5,11-12H,6-10H2,1H3. The van der Waals surface area contributed by atoms with E-state index in [9.17, 15) is 4.79 Å². The summed E-state index contributed by atoms with van der Waals surface area (Å²) in [7, 11) is 0. The molecule has 2 heteroatoms. The zero-order chi connectivity index (χ0) is 12.3. The molecule has 2 rings (SSSR count). The highest BCUT2D eigenvalue weighted by atomic mass is 35.5. The third-order valence-corrected chi connectivity index (χ3v) is 4.16. The van der Waals surface area contributed by atoms with Crippen LogP contribution in [-0.4, -0.2) is 5.78 Å². The molecule has 1 aromatic carbocycles. The summed E-state index contributed by atoms with van der Waals surface area (Å²) in [4.78, 5) is 12.2. The number of Topliss-reactive ketones (excluding diaryl/α,β-unsaturated/α-hetero) is 1. The lowest BCUT2D eigenvalue weighted by atomic mass is 9.80. The van der Waals surface area contributed by atoms with Gasteiger partial charge in [0.1, 0.15) is 5.78 Å². The molecule has 0 spiro atoms. The Morgan fingerprint density at radius 3 is 2.53 bits per heavy atom. The lowest BCUT2D eigenvalue weighted by molar-refractivity contribution is -0.123. The van der Waals surface area contributed by atoms with Crippen LogP contribution in [0.1, 0.15) is 38.2 Å². The van der Waals surface area contributed by atoms with Crippen molar-refractivity contribution in [3.63, 3.8) is 0 Å². The van der Waals surface area contributed by atoms with Gasteiger partial charge in [0, 0.05) is 17.4 Å². The molecule has 0 atom stereocenters. The van der Waals surface area contributed by atoms with Gasteiger partial charge in [-0.15, -0.1) is 0 Å². The largest absolute Gasteiger partial charge is 0.299 e. The van der Waals surface area contributed by atoms with E-state index in [1.54, 1.807) is 0 Å². The van der Waals surface area contributed by atoms with Gasteiger partial charge in [-0.1, -0.05) is 49.6 Å². The zero-order valence-electron chi connectivity index (χ0n) is 10.3. The Morgan fingerprint density at radius 2 is 1.88 bits per heavy atom. The number of ketones is 1. The van der Waals surface area contributed by atoms with Gasteiger partial charge in [-0.25, -0.2) is 0 Å². The molecule has 1 saturated carbocycles. The van der Waals surface area contributed by atoms with E-state index < -0.39 is 0 Å². The van der Waals surface area contributed by atoms with Crippen LogP contribution in [0.2, 0.25) is 5.02 Å². The van der Waals surface area contributed by atoms with Gasteiger partial charge in [0.2, 0.25) is 0 Å². The summed E-state index contributed by atoms with van der Waals surface area (Å²) in [5, 5.41) is 0.713. The zero-order valence-corrected chi connectivity index (χ0v) is 11.0. The number of rotatable bonds is 3. The quantitative estimate of drug-likeness (QED) is 0.783. The van der Waals surface area contributed by atoms with E-state index in [1.807, 2.05) is 24.3 Å². The molecule has 1 nitrogen and oxygen atoms in total. The fourth-order valence-electron chi connectivity index (χ4n) is 2.56. The molecule has 0 radical (unpaired) electrons. The first-order valence-corrected chi connectivity index (χ1v) is 6.80. The Hall–Kier alpha value is -0.820. The normalized spacial score (nSPS) is 24.6. The minimum atomic E-state index is 0.266. The van der Waals surface area contributed by atoms with Crippen LogP contribution < -0.4 is 0 Å². The van der Waals surface area contributed by atoms with E-state index in [4.69, 9.17) is 11.6 Å². The van der Waals surface area contributed by atoms with Crippen LogP contribution in [-0.2, 0) is 11.2 Å². The van der Waals surface area contributed by atoms with Crippen LogP contribution in [0.15, 0.2) is 24.3 Å². The third-order valence-electron chi connectivity index (χ3n) is 3.79. The average Bonchev–Trinajstić information content (AvgIpc) is 2.33. The molecule has 0 heterocycles. The lowest BCUT2D eigenvalue weighted by Gasteiger charge is -2.25. The van der Waals surface area contributed by atoms with Gasteiger partial charge in [0.15, 0.2) is 0 Å². The highest BCUT2D eigenvalue weighted by Gasteiger charge is 2.24. The molecule has 1 aliphatic rings. The smallest absolute Gasteiger partial charge is 0.140 e. The minimum Gasteiger partial charge on any atom is -0.299 e. The van der Waals surface area contributed by atoms with Crippen molar-refractivity contribution in [2.24, 2.45) is 11.8 Å². The van der Waals surface area contributed by atoms with Crippen molar-refractivity contribution in [3.05, 3.63) is 34.9 Å². The average molecular weight is 251 g/mol. The van der Waals surface area contributed by atoms with Gasteiger partial charge < -0.3 is 0 Å². The maximum absolute atomic E-state index is 12.2. The van der Waals surface area contributed by atoms with E-state index >= 15 is 0 Å². The molecular formula is C15H19ClO. The van der Waals surface area contributed by atoms with Gasteiger partial charge in [-0.05, 0) is 30.4 Å². The molecule has 0 aromatic heterocycles. The number of carbonyl (C=O) groups is 1. The molecule has 0 aliphatic heterocycles. The molecule has 0 bridgehead atoms. The number of halogens is 1. The summed E-state index contributed by atoms with van der Waals surface area (Å²) in [5.41, 5.74) is 0.970. The molecule has 1 aromatic rings. The summed E-state index contributed by atoms with van der Waals surface area (Å²) >= 11 is 6.08. The van der Waals surface area contributed by atoms with E-state index in [0.717, 1.165) is 24.3 Å². The Balaban J connectivity index is 1.95. The third kappa shape index (κ3) is 3.32. The molecule has 0 saturated heterocycles. The second-order valence-corrected chi connectivity index (χ2v) is 5.60. The van der Waals surface area contributed by atoms with Crippen LogP contribution >= 0.6 is 11.6 Å². The summed E-state index contributed by atoms with van der Waals surface area (Å²) < 4.78 is 0. The number of hydrogen-bond acceptors (Lipinski definition) is 1. The molecule has 1 fully saturated rings. The SMILES string of the molecule is CC1CCC(C(=O)Cc2ccccc2Cl)CC1. The number of benzene rings is 1. The molecule has 0 amide bonds. The van der Waals surface area contributed by atoms with Crippen molar-refractivity contribution < 1.29 is 4.79 Å². The van der Waals surface area contributed by atoms with Crippen LogP contribution in [0, 0.1) is 11.8 Å². The summed E-state index contributed by atoms with van der Waals surface area (Å²) in [6.45, 7) is 2.27. The number of hydrogen-bond donors (Lipinski definition) is 0. The highest BCUT2D eigenvalue weighted by molar-refractivity contribution is 6.31. The van der Waals surface area contributed by atoms with E-state index in [0.29, 0.717) is 17.2 Å². The Labute approximate surface area is 108 Å². The Morgan fingerprint density at radius 1 is 1.24 bits per heavy atom. The molecule has 1 aliphatic carbocycles. The fraction of sp³-hybridized carbons (Fsp3) is 0.533. The second-order valence-electron chi connectivity index (χ2n) is 5.19. The fourth-order valence-corrected chi connectivity index (χ4v) is 2.76. The van der Waals surface area contributed by atoms with Crippen LogP contribution in [0.3, 0.4) is 0 Å². The van der Waals surface area contributed by atoms with Crippen molar-refractivity contribution in [1.29, 1.82) is 0 Å². The predicted molar refractivity (Wildman–Crippen MR) is 71.3 cm³/mol. The highest BCUT2D eigenvalue weighted by Crippen LogP contribution is 2.30.